The smallest absolute Gasteiger partial charge is 0.355 e. The predicted octanol–water partition coefficient (Wildman–Crippen LogP) is 1.89. The lowest BCUT2D eigenvalue weighted by molar-refractivity contribution is -0.384. The van der Waals surface area contributed by atoms with Crippen LogP contribution < -0.4 is 10.5 Å². The van der Waals surface area contributed by atoms with Crippen LogP contribution in [0.5, 0.6) is 0 Å². The highest BCUT2D eigenvalue weighted by molar-refractivity contribution is 6.04. The molecule has 0 radical (unpaired) electrons. The standard InChI is InChI=1S/C22H18N4O8/c1-32-21(28)15-10-34-11-25(18(15)22(29)33-2)17-9-12(26(30)31)7-8-14(17)19-23-16-6-4-3-5-13(16)20(27)24-19/h3-9H,10-11H2,1-2H3,(H,23,24,27). The quantitative estimate of drug-likeness (QED) is 0.335. The fourth-order valence-corrected chi connectivity index (χ4v) is 3.60. The van der Waals surface area contributed by atoms with Gasteiger partial charge in [0.2, 0.25) is 0 Å². The number of hydrogen-bond acceptors (Lipinski definition) is 10. The third-order valence-electron chi connectivity index (χ3n) is 5.18. The van der Waals surface area contributed by atoms with E-state index in [9.17, 15) is 24.5 Å². The highest BCUT2D eigenvalue weighted by atomic mass is 16.6. The molecule has 0 atom stereocenters. The molecule has 2 heterocycles. The van der Waals surface area contributed by atoms with Gasteiger partial charge < -0.3 is 24.1 Å². The van der Waals surface area contributed by atoms with Crippen molar-refractivity contribution in [1.82, 2.24) is 9.97 Å². The van der Waals surface area contributed by atoms with Gasteiger partial charge >= 0.3 is 11.9 Å². The minimum Gasteiger partial charge on any atom is -0.466 e. The molecule has 3 aromatic rings. The Morgan fingerprint density at radius 1 is 1.15 bits per heavy atom. The zero-order valence-electron chi connectivity index (χ0n) is 18.1. The van der Waals surface area contributed by atoms with Gasteiger partial charge in [-0.2, -0.15) is 0 Å². The number of carbonyl (C=O) groups is 2. The Morgan fingerprint density at radius 3 is 2.59 bits per heavy atom. The summed E-state index contributed by atoms with van der Waals surface area (Å²) >= 11 is 0. The van der Waals surface area contributed by atoms with Crippen LogP contribution in [0.2, 0.25) is 0 Å². The summed E-state index contributed by atoms with van der Waals surface area (Å²) in [7, 11) is 2.28. The van der Waals surface area contributed by atoms with Crippen LogP contribution >= 0.6 is 0 Å². The summed E-state index contributed by atoms with van der Waals surface area (Å²) in [5, 5.41) is 11.9. The molecular formula is C22H18N4O8. The second-order valence-corrected chi connectivity index (χ2v) is 7.11. The van der Waals surface area contributed by atoms with Crippen molar-refractivity contribution in [1.29, 1.82) is 0 Å². The zero-order chi connectivity index (χ0) is 24.4. The number of nitrogens with zero attached hydrogens (tertiary/aromatic N) is 3. The summed E-state index contributed by atoms with van der Waals surface area (Å²) in [5.41, 5.74) is -0.295. The monoisotopic (exact) mass is 466 g/mol. The van der Waals surface area contributed by atoms with Crippen molar-refractivity contribution >= 4 is 34.2 Å². The van der Waals surface area contributed by atoms with Crippen LogP contribution in [0.1, 0.15) is 0 Å². The van der Waals surface area contributed by atoms with Crippen molar-refractivity contribution in [3.8, 4) is 11.4 Å². The topological polar surface area (TPSA) is 154 Å². The van der Waals surface area contributed by atoms with Crippen LogP contribution in [0.3, 0.4) is 0 Å². The SMILES string of the molecule is COC(=O)C1=C(C(=O)OC)N(c2cc([N+](=O)[O-])ccc2-c2nc3ccccc3c(=O)[nH]2)COC1. The first kappa shape index (κ1) is 22.6. The largest absolute Gasteiger partial charge is 0.466 e. The summed E-state index contributed by atoms with van der Waals surface area (Å²) in [5.74, 6) is -1.60. The van der Waals surface area contributed by atoms with Gasteiger partial charge in [-0.1, -0.05) is 12.1 Å². The third-order valence-corrected chi connectivity index (χ3v) is 5.18. The van der Waals surface area contributed by atoms with Crippen molar-refractivity contribution in [2.24, 2.45) is 0 Å². The first-order valence-corrected chi connectivity index (χ1v) is 9.88. The van der Waals surface area contributed by atoms with E-state index in [1.54, 1.807) is 24.3 Å². The minimum absolute atomic E-state index is 0.0918. The van der Waals surface area contributed by atoms with Crippen LogP contribution in [0, 0.1) is 10.1 Å². The first-order valence-electron chi connectivity index (χ1n) is 9.88. The molecule has 0 bridgehead atoms. The molecule has 174 valence electrons. The summed E-state index contributed by atoms with van der Waals surface area (Å²) in [6.45, 7) is -0.472. The van der Waals surface area contributed by atoms with Gasteiger partial charge in [0.25, 0.3) is 11.2 Å². The first-order chi connectivity index (χ1) is 16.3. The number of nitro benzene ring substituents is 1. The molecule has 0 fully saturated rings. The Hall–Kier alpha value is -4.58. The lowest BCUT2D eigenvalue weighted by atomic mass is 10.1. The molecule has 12 nitrogen and oxygen atoms in total. The molecule has 0 saturated carbocycles. The highest BCUT2D eigenvalue weighted by Gasteiger charge is 2.34. The highest BCUT2D eigenvalue weighted by Crippen LogP contribution is 2.36. The van der Waals surface area contributed by atoms with Gasteiger partial charge in [0, 0.05) is 17.7 Å². The van der Waals surface area contributed by atoms with Crippen molar-refractivity contribution in [2.45, 2.75) is 0 Å². The number of esters is 2. The number of non-ortho nitro benzene ring substituents is 1. The van der Waals surface area contributed by atoms with Gasteiger partial charge in [-0.3, -0.25) is 14.9 Å². The van der Waals surface area contributed by atoms with Crippen LogP contribution in [-0.4, -0.2) is 54.4 Å². The van der Waals surface area contributed by atoms with E-state index in [1.165, 1.54) is 23.1 Å². The van der Waals surface area contributed by atoms with E-state index in [2.05, 4.69) is 9.97 Å². The van der Waals surface area contributed by atoms with Gasteiger partial charge in [0.1, 0.15) is 18.3 Å². The molecule has 34 heavy (non-hydrogen) atoms. The number of aromatic nitrogens is 2. The van der Waals surface area contributed by atoms with Crippen LogP contribution in [-0.2, 0) is 23.8 Å². The molecule has 1 aromatic heterocycles. The Balaban J connectivity index is 2.00. The summed E-state index contributed by atoms with van der Waals surface area (Å²) in [6, 6.07) is 10.5. The van der Waals surface area contributed by atoms with Gasteiger partial charge in [-0.15, -0.1) is 0 Å². The summed E-state index contributed by atoms with van der Waals surface area (Å²) in [6.07, 6.45) is 0. The number of H-pyrrole nitrogens is 1. The number of aromatic amines is 1. The van der Waals surface area contributed by atoms with Crippen molar-refractivity contribution < 1.29 is 28.7 Å². The molecule has 12 heteroatoms. The van der Waals surface area contributed by atoms with Crippen molar-refractivity contribution in [3.05, 3.63) is 74.2 Å². The number of methoxy groups -OCH3 is 2. The molecule has 4 rings (SSSR count). The Labute approximate surface area is 191 Å². The average molecular weight is 466 g/mol. The lowest BCUT2D eigenvalue weighted by Crippen LogP contribution is -2.39. The van der Waals surface area contributed by atoms with Gasteiger partial charge in [0.05, 0.1) is 47.9 Å². The maximum Gasteiger partial charge on any atom is 0.355 e. The number of para-hydroxylation sites is 1. The number of hydrogen-bond donors (Lipinski definition) is 1. The van der Waals surface area contributed by atoms with Gasteiger partial charge in [-0.25, -0.2) is 14.6 Å². The number of carbonyl (C=O) groups excluding carboxylic acids is 2. The van der Waals surface area contributed by atoms with E-state index >= 15 is 0 Å². The molecule has 2 aromatic carbocycles. The molecule has 0 saturated heterocycles. The second kappa shape index (κ2) is 9.11. The third kappa shape index (κ3) is 3.97. The predicted molar refractivity (Wildman–Crippen MR) is 119 cm³/mol. The number of benzene rings is 2. The van der Waals surface area contributed by atoms with Crippen molar-refractivity contribution in [3.63, 3.8) is 0 Å². The van der Waals surface area contributed by atoms with E-state index in [4.69, 9.17) is 14.2 Å². The van der Waals surface area contributed by atoms with Crippen LogP contribution in [0.25, 0.3) is 22.3 Å². The Morgan fingerprint density at radius 2 is 1.88 bits per heavy atom. The maximum atomic E-state index is 12.7. The Kier molecular flexibility index (Phi) is 6.06. The lowest BCUT2D eigenvalue weighted by Gasteiger charge is -2.32. The summed E-state index contributed by atoms with van der Waals surface area (Å²) in [4.78, 5) is 57.0. The molecule has 0 aliphatic carbocycles. The fourth-order valence-electron chi connectivity index (χ4n) is 3.60. The van der Waals surface area contributed by atoms with Crippen LogP contribution in [0.15, 0.2) is 58.5 Å². The summed E-state index contributed by atoms with van der Waals surface area (Å²) < 4.78 is 15.1. The number of nitrogens with one attached hydrogen (secondary N) is 1. The van der Waals surface area contributed by atoms with Crippen LogP contribution in [0.4, 0.5) is 11.4 Å². The van der Waals surface area contributed by atoms with E-state index < -0.39 is 22.4 Å². The number of nitro groups is 1. The minimum atomic E-state index is -0.874. The normalized spacial score (nSPS) is 13.6. The molecule has 1 N–H and O–H groups in total. The zero-order valence-corrected chi connectivity index (χ0v) is 18.1. The fraction of sp³-hybridized carbons (Fsp3) is 0.182. The van der Waals surface area contributed by atoms with E-state index in [-0.39, 0.29) is 47.4 Å². The number of fused-ring (bicyclic) bond motifs is 1. The van der Waals surface area contributed by atoms with Crippen molar-refractivity contribution in [2.75, 3.05) is 32.5 Å². The maximum absolute atomic E-state index is 12.7. The molecule has 1 aliphatic rings. The van der Waals surface area contributed by atoms with Gasteiger partial charge in [-0.05, 0) is 18.2 Å². The second-order valence-electron chi connectivity index (χ2n) is 7.11. The number of rotatable bonds is 5. The van der Waals surface area contributed by atoms with Gasteiger partial charge in [0.15, 0.2) is 0 Å². The average Bonchev–Trinajstić information content (AvgIpc) is 2.86. The molecular weight excluding hydrogens is 448 g/mol. The van der Waals surface area contributed by atoms with E-state index in [0.29, 0.717) is 10.9 Å². The molecule has 0 amide bonds. The molecule has 0 spiro atoms. The molecule has 1 aliphatic heterocycles. The number of anilines is 1. The number of ether oxygens (including phenoxy) is 3. The van der Waals surface area contributed by atoms with E-state index in [1.807, 2.05) is 0 Å². The Bertz CT molecular complexity index is 1410. The van der Waals surface area contributed by atoms with E-state index in [0.717, 1.165) is 14.2 Å². The molecule has 0 unspecified atom stereocenters.